The average Bonchev–Trinajstić information content (AvgIpc) is 2.58. The molecule has 1 unspecified atom stereocenters. The summed E-state index contributed by atoms with van der Waals surface area (Å²) in [6.45, 7) is 12.7. The van der Waals surface area contributed by atoms with Crippen LogP contribution < -0.4 is 0 Å². The molecule has 0 bridgehead atoms. The Kier molecular flexibility index (Phi) is 6.59. The summed E-state index contributed by atoms with van der Waals surface area (Å²) in [6, 6.07) is 0. The summed E-state index contributed by atoms with van der Waals surface area (Å²) in [6.07, 6.45) is 4.29. The lowest BCUT2D eigenvalue weighted by Crippen LogP contribution is -2.37. The summed E-state index contributed by atoms with van der Waals surface area (Å²) in [7, 11) is -1.21. The van der Waals surface area contributed by atoms with Gasteiger partial charge in [-0.1, -0.05) is 0 Å². The highest BCUT2D eigenvalue weighted by Gasteiger charge is 2.25. The lowest BCUT2D eigenvalue weighted by molar-refractivity contribution is 0.0256. The molecular formula is C16H30N2O3S. The number of carbonyl (C=O) groups is 1. The summed E-state index contributed by atoms with van der Waals surface area (Å²) in [5.41, 5.74) is -0.464. The van der Waals surface area contributed by atoms with Crippen LogP contribution in [-0.2, 0) is 15.7 Å². The van der Waals surface area contributed by atoms with Crippen molar-refractivity contribution in [3.8, 4) is 0 Å². The van der Waals surface area contributed by atoms with Gasteiger partial charge < -0.3 is 9.64 Å². The summed E-state index contributed by atoms with van der Waals surface area (Å²) in [4.78, 5) is 13.9. The Hall–Kier alpha value is -0.910. The lowest BCUT2D eigenvalue weighted by atomic mass is 10.0. The van der Waals surface area contributed by atoms with Crippen LogP contribution in [-0.4, -0.2) is 44.9 Å². The Balaban J connectivity index is 2.54. The fraction of sp³-hybridized carbons (Fsp3) is 0.875. The first-order chi connectivity index (χ1) is 9.99. The Morgan fingerprint density at radius 3 is 2.36 bits per heavy atom. The van der Waals surface area contributed by atoms with Gasteiger partial charge in [-0.15, -0.1) is 0 Å². The molecule has 0 aromatic heterocycles. The second-order valence-electron chi connectivity index (χ2n) is 7.77. The molecule has 6 heteroatoms. The Labute approximate surface area is 137 Å². The number of carbonyl (C=O) groups excluding carboxylic acids is 1. The summed E-state index contributed by atoms with van der Waals surface area (Å²) < 4.78 is 21.2. The fourth-order valence-corrected chi connectivity index (χ4v) is 2.68. The molecule has 2 atom stereocenters. The van der Waals surface area contributed by atoms with Crippen LogP contribution in [0.2, 0.25) is 0 Å². The smallest absolute Gasteiger partial charge is 0.410 e. The molecule has 0 saturated carbocycles. The minimum atomic E-state index is -1.21. The lowest BCUT2D eigenvalue weighted by Gasteiger charge is -2.26. The van der Waals surface area contributed by atoms with E-state index >= 15 is 0 Å². The van der Waals surface area contributed by atoms with E-state index in [-0.39, 0.29) is 16.8 Å². The molecule has 1 aliphatic rings. The number of nitrogens with zero attached hydrogens (tertiary/aromatic N) is 2. The SMILES string of the molecule is CC(C)(C)OC(=O)N1CCCC(/C=N/[S@](=O)C(C)(C)C)CC1. The van der Waals surface area contributed by atoms with Gasteiger partial charge in [-0.25, -0.2) is 9.00 Å². The monoisotopic (exact) mass is 330 g/mol. The second kappa shape index (κ2) is 7.57. The van der Waals surface area contributed by atoms with Gasteiger partial charge in [0.2, 0.25) is 0 Å². The number of ether oxygens (including phenoxy) is 1. The van der Waals surface area contributed by atoms with Crippen molar-refractivity contribution >= 4 is 23.3 Å². The molecule has 0 spiro atoms. The third-order valence-corrected chi connectivity index (χ3v) is 4.68. The zero-order chi connectivity index (χ0) is 17.0. The highest BCUT2D eigenvalue weighted by Crippen LogP contribution is 2.19. The minimum Gasteiger partial charge on any atom is -0.444 e. The van der Waals surface area contributed by atoms with Crippen LogP contribution in [0.15, 0.2) is 4.40 Å². The Morgan fingerprint density at radius 1 is 1.18 bits per heavy atom. The van der Waals surface area contributed by atoms with E-state index in [0.29, 0.717) is 13.1 Å². The van der Waals surface area contributed by atoms with Crippen molar-refractivity contribution < 1.29 is 13.7 Å². The number of likely N-dealkylation sites (tertiary alicyclic amines) is 1. The molecule has 1 fully saturated rings. The van der Waals surface area contributed by atoms with Crippen LogP contribution >= 0.6 is 0 Å². The molecule has 5 nitrogen and oxygen atoms in total. The van der Waals surface area contributed by atoms with Crippen molar-refractivity contribution in [3.05, 3.63) is 0 Å². The van der Waals surface area contributed by atoms with Gasteiger partial charge in [0.1, 0.15) is 16.6 Å². The van der Waals surface area contributed by atoms with E-state index in [1.54, 1.807) is 4.90 Å². The molecule has 1 saturated heterocycles. The third-order valence-electron chi connectivity index (χ3n) is 3.32. The first-order valence-electron chi connectivity index (χ1n) is 7.93. The summed E-state index contributed by atoms with van der Waals surface area (Å²) >= 11 is 0. The molecule has 0 aromatic carbocycles. The van der Waals surface area contributed by atoms with Crippen LogP contribution in [0.25, 0.3) is 0 Å². The maximum Gasteiger partial charge on any atom is 0.410 e. The van der Waals surface area contributed by atoms with Crippen molar-refractivity contribution in [2.45, 2.75) is 71.2 Å². The second-order valence-corrected chi connectivity index (χ2v) is 9.71. The topological polar surface area (TPSA) is 59.0 Å². The van der Waals surface area contributed by atoms with Gasteiger partial charge in [-0.2, -0.15) is 4.40 Å². The van der Waals surface area contributed by atoms with Crippen molar-refractivity contribution in [2.24, 2.45) is 10.3 Å². The standard InChI is InChI=1S/C16H30N2O3S/c1-15(2,3)21-14(19)18-10-7-8-13(9-11-18)12-17-22(20)16(4,5)6/h12-13H,7-11H2,1-6H3/b17-12+/t13?,22-/m1/s1. The molecule has 0 aromatic rings. The van der Waals surface area contributed by atoms with E-state index in [2.05, 4.69) is 4.40 Å². The van der Waals surface area contributed by atoms with Gasteiger partial charge in [0.05, 0.1) is 4.75 Å². The average molecular weight is 330 g/mol. The van der Waals surface area contributed by atoms with Gasteiger partial charge in [0, 0.05) is 19.3 Å². The Morgan fingerprint density at radius 2 is 1.82 bits per heavy atom. The largest absolute Gasteiger partial charge is 0.444 e. The number of hydrogen-bond acceptors (Lipinski definition) is 3. The maximum absolute atomic E-state index is 12.1. The first kappa shape index (κ1) is 19.1. The zero-order valence-electron chi connectivity index (χ0n) is 14.7. The van der Waals surface area contributed by atoms with Crippen LogP contribution in [0.3, 0.4) is 0 Å². The predicted octanol–water partition coefficient (Wildman–Crippen LogP) is 3.56. The summed E-state index contributed by atoms with van der Waals surface area (Å²) in [5, 5.41) is 0. The van der Waals surface area contributed by atoms with Crippen LogP contribution in [0.1, 0.15) is 60.8 Å². The van der Waals surface area contributed by atoms with Crippen molar-refractivity contribution in [3.63, 3.8) is 0 Å². The molecule has 1 heterocycles. The van der Waals surface area contributed by atoms with E-state index < -0.39 is 16.6 Å². The van der Waals surface area contributed by atoms with E-state index in [1.165, 1.54) is 0 Å². The molecule has 1 aliphatic heterocycles. The number of amides is 1. The Bertz CT molecular complexity index is 436. The third kappa shape index (κ3) is 6.90. The minimum absolute atomic E-state index is 0.247. The normalized spacial score (nSPS) is 22.5. The molecule has 0 radical (unpaired) electrons. The van der Waals surface area contributed by atoms with Crippen molar-refractivity contribution in [1.82, 2.24) is 4.90 Å². The molecule has 0 aliphatic carbocycles. The van der Waals surface area contributed by atoms with Crippen LogP contribution in [0, 0.1) is 5.92 Å². The van der Waals surface area contributed by atoms with E-state index in [1.807, 2.05) is 47.8 Å². The van der Waals surface area contributed by atoms with Gasteiger partial charge >= 0.3 is 6.09 Å². The first-order valence-corrected chi connectivity index (χ1v) is 9.04. The highest BCUT2D eigenvalue weighted by molar-refractivity contribution is 7.85. The van der Waals surface area contributed by atoms with Gasteiger partial charge in [0.25, 0.3) is 0 Å². The van der Waals surface area contributed by atoms with Gasteiger partial charge in [0.15, 0.2) is 0 Å². The van der Waals surface area contributed by atoms with E-state index in [0.717, 1.165) is 19.3 Å². The fourth-order valence-electron chi connectivity index (χ4n) is 2.08. The molecule has 22 heavy (non-hydrogen) atoms. The number of hydrogen-bond donors (Lipinski definition) is 0. The molecule has 0 N–H and O–H groups in total. The van der Waals surface area contributed by atoms with Gasteiger partial charge in [-0.05, 0) is 66.7 Å². The zero-order valence-corrected chi connectivity index (χ0v) is 15.5. The highest BCUT2D eigenvalue weighted by atomic mass is 32.2. The quantitative estimate of drug-likeness (QED) is 0.727. The van der Waals surface area contributed by atoms with E-state index in [4.69, 9.17) is 4.74 Å². The van der Waals surface area contributed by atoms with Gasteiger partial charge in [-0.3, -0.25) is 0 Å². The molecule has 1 amide bonds. The molecule has 1 rings (SSSR count). The number of rotatable bonds is 2. The van der Waals surface area contributed by atoms with E-state index in [9.17, 15) is 9.00 Å². The molecule has 128 valence electrons. The van der Waals surface area contributed by atoms with Crippen LogP contribution in [0.4, 0.5) is 4.79 Å². The van der Waals surface area contributed by atoms with Crippen LogP contribution in [0.5, 0.6) is 0 Å². The molecular weight excluding hydrogens is 300 g/mol. The summed E-state index contributed by atoms with van der Waals surface area (Å²) in [5.74, 6) is 0.277. The maximum atomic E-state index is 12.1. The van der Waals surface area contributed by atoms with Crippen molar-refractivity contribution in [2.75, 3.05) is 13.1 Å². The predicted molar refractivity (Wildman–Crippen MR) is 91.5 cm³/mol. The van der Waals surface area contributed by atoms with Crippen molar-refractivity contribution in [1.29, 1.82) is 0 Å².